The lowest BCUT2D eigenvalue weighted by atomic mass is 9.87. The first kappa shape index (κ1) is 11.9. The van der Waals surface area contributed by atoms with Crippen LogP contribution in [0.2, 0.25) is 0 Å². The van der Waals surface area contributed by atoms with Gasteiger partial charge in [0.1, 0.15) is 0 Å². The number of unbranched alkanes of at least 4 members (excludes halogenated alkanes) is 1. The maximum atomic E-state index is 12.0. The summed E-state index contributed by atoms with van der Waals surface area (Å²) >= 11 is 0. The minimum atomic E-state index is 0.482. The molecule has 0 aromatic carbocycles. The molecule has 1 unspecified atom stereocenters. The molecule has 90 valence electrons. The van der Waals surface area contributed by atoms with Crippen molar-refractivity contribution in [3.8, 4) is 0 Å². The van der Waals surface area contributed by atoms with E-state index in [1.54, 1.807) is 5.57 Å². The van der Waals surface area contributed by atoms with Crippen LogP contribution in [0.1, 0.15) is 71.1 Å². The Bertz CT molecular complexity index is 288. The summed E-state index contributed by atoms with van der Waals surface area (Å²) in [6.45, 7) is 2.21. The van der Waals surface area contributed by atoms with Crippen LogP contribution in [0.5, 0.6) is 0 Å². The standard InChI is InChI=1S/C15H24O/c1-2-3-9-14-13-10-7-5-4-6-8-12(13)11-15(14)16/h12H,2-11H2,1H3. The number of hydrogen-bond donors (Lipinski definition) is 0. The monoisotopic (exact) mass is 220 g/mol. The molecule has 0 aromatic heterocycles. The summed E-state index contributed by atoms with van der Waals surface area (Å²) in [6, 6.07) is 0. The van der Waals surface area contributed by atoms with E-state index in [1.807, 2.05) is 0 Å². The number of rotatable bonds is 3. The molecule has 2 aliphatic rings. The van der Waals surface area contributed by atoms with Gasteiger partial charge in [0, 0.05) is 6.42 Å². The van der Waals surface area contributed by atoms with Crippen molar-refractivity contribution in [3.63, 3.8) is 0 Å². The van der Waals surface area contributed by atoms with Crippen LogP contribution in [0.15, 0.2) is 11.1 Å². The molecule has 1 atom stereocenters. The summed E-state index contributed by atoms with van der Waals surface area (Å²) < 4.78 is 0. The van der Waals surface area contributed by atoms with E-state index in [9.17, 15) is 4.79 Å². The number of hydrogen-bond acceptors (Lipinski definition) is 1. The Kier molecular flexibility index (Phi) is 4.20. The normalized spacial score (nSPS) is 26.6. The number of ketones is 1. The Morgan fingerprint density at radius 3 is 2.81 bits per heavy atom. The van der Waals surface area contributed by atoms with E-state index >= 15 is 0 Å². The van der Waals surface area contributed by atoms with Crippen molar-refractivity contribution >= 4 is 5.78 Å². The van der Waals surface area contributed by atoms with Gasteiger partial charge in [0.25, 0.3) is 0 Å². The minimum Gasteiger partial charge on any atom is -0.295 e. The van der Waals surface area contributed by atoms with Crippen LogP contribution in [0.3, 0.4) is 0 Å². The average molecular weight is 220 g/mol. The minimum absolute atomic E-state index is 0.482. The van der Waals surface area contributed by atoms with Gasteiger partial charge in [0.15, 0.2) is 5.78 Å². The molecule has 1 fully saturated rings. The summed E-state index contributed by atoms with van der Waals surface area (Å²) in [4.78, 5) is 12.0. The highest BCUT2D eigenvalue weighted by Gasteiger charge is 2.31. The molecule has 0 saturated heterocycles. The van der Waals surface area contributed by atoms with Crippen molar-refractivity contribution in [2.75, 3.05) is 0 Å². The predicted molar refractivity (Wildman–Crippen MR) is 67.4 cm³/mol. The smallest absolute Gasteiger partial charge is 0.159 e. The number of Topliss-reactive ketones (excluding diaryl/α,β-unsaturated/α-hetero) is 1. The molecule has 2 aliphatic carbocycles. The lowest BCUT2D eigenvalue weighted by Crippen LogP contribution is -2.03. The Morgan fingerprint density at radius 1 is 1.19 bits per heavy atom. The van der Waals surface area contributed by atoms with Gasteiger partial charge in [-0.25, -0.2) is 0 Å². The molecule has 2 rings (SSSR count). The van der Waals surface area contributed by atoms with Gasteiger partial charge in [0.05, 0.1) is 0 Å². The summed E-state index contributed by atoms with van der Waals surface area (Å²) in [5.74, 6) is 1.12. The van der Waals surface area contributed by atoms with Crippen LogP contribution in [0, 0.1) is 5.92 Å². The second-order valence-corrected chi connectivity index (χ2v) is 5.38. The van der Waals surface area contributed by atoms with Gasteiger partial charge in [-0.15, -0.1) is 0 Å². The fraction of sp³-hybridized carbons (Fsp3) is 0.800. The zero-order valence-corrected chi connectivity index (χ0v) is 10.6. The van der Waals surface area contributed by atoms with E-state index in [1.165, 1.54) is 56.9 Å². The van der Waals surface area contributed by atoms with Crippen molar-refractivity contribution in [1.82, 2.24) is 0 Å². The first-order valence-corrected chi connectivity index (χ1v) is 7.08. The first-order valence-electron chi connectivity index (χ1n) is 7.08. The highest BCUT2D eigenvalue weighted by molar-refractivity contribution is 5.99. The molecule has 16 heavy (non-hydrogen) atoms. The van der Waals surface area contributed by atoms with E-state index in [-0.39, 0.29) is 0 Å². The Labute approximate surface area is 99.3 Å². The van der Waals surface area contributed by atoms with E-state index in [0.717, 1.165) is 12.8 Å². The fourth-order valence-corrected chi connectivity index (χ4v) is 3.24. The van der Waals surface area contributed by atoms with E-state index in [0.29, 0.717) is 11.7 Å². The van der Waals surface area contributed by atoms with Crippen molar-refractivity contribution in [2.24, 2.45) is 5.92 Å². The molecule has 0 bridgehead atoms. The van der Waals surface area contributed by atoms with E-state index in [2.05, 4.69) is 6.92 Å². The Balaban J connectivity index is 2.11. The number of allylic oxidation sites excluding steroid dienone is 2. The number of fused-ring (bicyclic) bond motifs is 1. The third-order valence-corrected chi connectivity index (χ3v) is 4.18. The molecule has 0 radical (unpaired) electrons. The van der Waals surface area contributed by atoms with Gasteiger partial charge in [-0.2, -0.15) is 0 Å². The topological polar surface area (TPSA) is 17.1 Å². The second kappa shape index (κ2) is 5.65. The lowest BCUT2D eigenvalue weighted by Gasteiger charge is -2.18. The molecule has 1 heteroatoms. The SMILES string of the molecule is CCCCC1=C2CCCCCCC2CC1=O. The van der Waals surface area contributed by atoms with Gasteiger partial charge in [-0.3, -0.25) is 4.79 Å². The maximum Gasteiger partial charge on any atom is 0.159 e. The summed E-state index contributed by atoms with van der Waals surface area (Å²) in [5, 5.41) is 0. The van der Waals surface area contributed by atoms with E-state index < -0.39 is 0 Å². The average Bonchev–Trinajstić information content (AvgIpc) is 2.52. The quantitative estimate of drug-likeness (QED) is 0.688. The van der Waals surface area contributed by atoms with Crippen molar-refractivity contribution in [2.45, 2.75) is 71.1 Å². The van der Waals surface area contributed by atoms with Crippen molar-refractivity contribution < 1.29 is 4.79 Å². The predicted octanol–water partition coefficient (Wildman–Crippen LogP) is 4.42. The van der Waals surface area contributed by atoms with Gasteiger partial charge in [-0.1, -0.05) is 38.2 Å². The van der Waals surface area contributed by atoms with Crippen LogP contribution < -0.4 is 0 Å². The van der Waals surface area contributed by atoms with Crippen LogP contribution >= 0.6 is 0 Å². The van der Waals surface area contributed by atoms with Gasteiger partial charge in [-0.05, 0) is 43.6 Å². The fourth-order valence-electron chi connectivity index (χ4n) is 3.24. The van der Waals surface area contributed by atoms with Crippen molar-refractivity contribution in [3.05, 3.63) is 11.1 Å². The lowest BCUT2D eigenvalue weighted by molar-refractivity contribution is -0.115. The zero-order valence-electron chi connectivity index (χ0n) is 10.6. The first-order chi connectivity index (χ1) is 7.83. The molecule has 1 nitrogen and oxygen atoms in total. The maximum absolute atomic E-state index is 12.0. The molecular formula is C15H24O. The summed E-state index contributed by atoms with van der Waals surface area (Å²) in [5.41, 5.74) is 2.81. The van der Waals surface area contributed by atoms with Crippen LogP contribution in [-0.4, -0.2) is 5.78 Å². The van der Waals surface area contributed by atoms with Gasteiger partial charge < -0.3 is 0 Å². The highest BCUT2D eigenvalue weighted by atomic mass is 16.1. The Hall–Kier alpha value is -0.590. The molecule has 0 heterocycles. The molecular weight excluding hydrogens is 196 g/mol. The van der Waals surface area contributed by atoms with Gasteiger partial charge >= 0.3 is 0 Å². The zero-order chi connectivity index (χ0) is 11.4. The van der Waals surface area contributed by atoms with Crippen LogP contribution in [0.25, 0.3) is 0 Å². The summed E-state index contributed by atoms with van der Waals surface area (Å²) in [7, 11) is 0. The van der Waals surface area contributed by atoms with Gasteiger partial charge in [0.2, 0.25) is 0 Å². The molecule has 1 saturated carbocycles. The molecule has 0 spiro atoms. The van der Waals surface area contributed by atoms with Crippen LogP contribution in [-0.2, 0) is 4.79 Å². The molecule has 0 aromatic rings. The largest absolute Gasteiger partial charge is 0.295 e. The third kappa shape index (κ3) is 2.56. The number of carbonyl (C=O) groups is 1. The highest BCUT2D eigenvalue weighted by Crippen LogP contribution is 2.39. The Morgan fingerprint density at radius 2 is 2.00 bits per heavy atom. The van der Waals surface area contributed by atoms with Crippen molar-refractivity contribution in [1.29, 1.82) is 0 Å². The van der Waals surface area contributed by atoms with Crippen LogP contribution in [0.4, 0.5) is 0 Å². The molecule has 0 N–H and O–H groups in total. The number of carbonyl (C=O) groups excluding carboxylic acids is 1. The summed E-state index contributed by atoms with van der Waals surface area (Å²) in [6.07, 6.45) is 12.2. The van der Waals surface area contributed by atoms with E-state index in [4.69, 9.17) is 0 Å². The molecule has 0 amide bonds. The third-order valence-electron chi connectivity index (χ3n) is 4.18. The molecule has 0 aliphatic heterocycles. The second-order valence-electron chi connectivity index (χ2n) is 5.38.